The molecule has 0 bridgehead atoms. The summed E-state index contributed by atoms with van der Waals surface area (Å²) in [5.41, 5.74) is 2.06. The van der Waals surface area contributed by atoms with Crippen molar-refractivity contribution in [3.8, 4) is 5.75 Å². The molecule has 0 saturated carbocycles. The number of rotatable bonds is 5. The van der Waals surface area contributed by atoms with Gasteiger partial charge in [-0.3, -0.25) is 9.69 Å². The second-order valence-corrected chi connectivity index (χ2v) is 6.18. The summed E-state index contributed by atoms with van der Waals surface area (Å²) in [6.45, 7) is 4.80. The molecule has 2 aromatic rings. The molecule has 0 fully saturated rings. The van der Waals surface area contributed by atoms with Crippen LogP contribution in [0.5, 0.6) is 5.75 Å². The average molecular weight is 301 g/mol. The van der Waals surface area contributed by atoms with E-state index in [0.29, 0.717) is 24.5 Å². The normalized spacial score (nSPS) is 14.7. The van der Waals surface area contributed by atoms with Crippen LogP contribution in [0.4, 0.5) is 0 Å². The average Bonchev–Trinajstić information content (AvgIpc) is 2.95. The summed E-state index contributed by atoms with van der Waals surface area (Å²) in [6.07, 6.45) is 1.05. The second-order valence-electron chi connectivity index (χ2n) is 5.18. The number of para-hydroxylation sites is 1. The first-order valence-corrected chi connectivity index (χ1v) is 8.18. The van der Waals surface area contributed by atoms with E-state index in [1.807, 2.05) is 42.5 Å². The Kier molecular flexibility index (Phi) is 4.36. The number of ketones is 1. The minimum absolute atomic E-state index is 0.137. The Bertz CT molecular complexity index is 635. The Labute approximate surface area is 129 Å². The van der Waals surface area contributed by atoms with Gasteiger partial charge in [0.1, 0.15) is 5.75 Å². The van der Waals surface area contributed by atoms with Crippen LogP contribution >= 0.6 is 11.3 Å². The van der Waals surface area contributed by atoms with Gasteiger partial charge in [-0.25, -0.2) is 0 Å². The lowest BCUT2D eigenvalue weighted by atomic mass is 10.1. The van der Waals surface area contributed by atoms with Crippen LogP contribution in [0.15, 0.2) is 35.7 Å². The van der Waals surface area contributed by atoms with Crippen LogP contribution in [0.2, 0.25) is 0 Å². The second kappa shape index (κ2) is 6.41. The highest BCUT2D eigenvalue weighted by molar-refractivity contribution is 7.10. The highest BCUT2D eigenvalue weighted by Crippen LogP contribution is 2.25. The molecule has 3 nitrogen and oxygen atoms in total. The maximum absolute atomic E-state index is 12.5. The number of thiophene rings is 1. The lowest BCUT2D eigenvalue weighted by molar-refractivity contribution is 0.0918. The van der Waals surface area contributed by atoms with Gasteiger partial charge >= 0.3 is 0 Å². The van der Waals surface area contributed by atoms with Crippen molar-refractivity contribution in [1.29, 1.82) is 0 Å². The Morgan fingerprint density at radius 1 is 1.33 bits per heavy atom. The molecule has 2 heterocycles. The third kappa shape index (κ3) is 3.17. The molecule has 4 heteroatoms. The fourth-order valence-electron chi connectivity index (χ4n) is 2.71. The summed E-state index contributed by atoms with van der Waals surface area (Å²) in [7, 11) is 0. The van der Waals surface area contributed by atoms with E-state index in [2.05, 4.69) is 16.3 Å². The number of fused-ring (bicyclic) bond motifs is 1. The standard InChI is InChI=1S/C17H19NO2S/c1-2-20-16-6-4-3-5-14(16)15(19)12-18-9-7-17-13(11-18)8-10-21-17/h3-6,8,10H,2,7,9,11-12H2,1H3. The van der Waals surface area contributed by atoms with Crippen molar-refractivity contribution in [3.63, 3.8) is 0 Å². The molecule has 0 spiro atoms. The van der Waals surface area contributed by atoms with E-state index in [1.54, 1.807) is 0 Å². The summed E-state index contributed by atoms with van der Waals surface area (Å²) in [5, 5.41) is 2.14. The van der Waals surface area contributed by atoms with Gasteiger partial charge in [0.2, 0.25) is 0 Å². The fraction of sp³-hybridized carbons (Fsp3) is 0.353. The van der Waals surface area contributed by atoms with Crippen LogP contribution in [0, 0.1) is 0 Å². The van der Waals surface area contributed by atoms with Crippen molar-refractivity contribution in [2.45, 2.75) is 19.9 Å². The fourth-order valence-corrected chi connectivity index (χ4v) is 3.60. The van der Waals surface area contributed by atoms with Crippen LogP contribution in [0.1, 0.15) is 27.7 Å². The van der Waals surface area contributed by atoms with Gasteiger partial charge in [-0.1, -0.05) is 12.1 Å². The van der Waals surface area contributed by atoms with E-state index in [1.165, 1.54) is 10.4 Å². The number of hydrogen-bond acceptors (Lipinski definition) is 4. The molecule has 0 unspecified atom stereocenters. The zero-order chi connectivity index (χ0) is 14.7. The topological polar surface area (TPSA) is 29.5 Å². The molecule has 0 atom stereocenters. The minimum atomic E-state index is 0.137. The lowest BCUT2D eigenvalue weighted by Gasteiger charge is -2.26. The molecule has 0 radical (unpaired) electrons. The van der Waals surface area contributed by atoms with Crippen molar-refractivity contribution in [2.75, 3.05) is 19.7 Å². The zero-order valence-electron chi connectivity index (χ0n) is 12.2. The molecule has 0 saturated heterocycles. The highest BCUT2D eigenvalue weighted by atomic mass is 32.1. The van der Waals surface area contributed by atoms with Crippen molar-refractivity contribution < 1.29 is 9.53 Å². The van der Waals surface area contributed by atoms with E-state index >= 15 is 0 Å². The predicted octanol–water partition coefficient (Wildman–Crippen LogP) is 3.39. The quantitative estimate of drug-likeness (QED) is 0.793. The predicted molar refractivity (Wildman–Crippen MR) is 85.2 cm³/mol. The van der Waals surface area contributed by atoms with Crippen molar-refractivity contribution in [3.05, 3.63) is 51.7 Å². The zero-order valence-corrected chi connectivity index (χ0v) is 13.0. The van der Waals surface area contributed by atoms with Crippen LogP contribution < -0.4 is 4.74 Å². The highest BCUT2D eigenvalue weighted by Gasteiger charge is 2.21. The van der Waals surface area contributed by atoms with Gasteiger partial charge in [-0.05, 0) is 42.5 Å². The Morgan fingerprint density at radius 3 is 3.05 bits per heavy atom. The molecule has 1 aromatic heterocycles. The summed E-state index contributed by atoms with van der Waals surface area (Å²) < 4.78 is 5.55. The molecule has 3 rings (SSSR count). The van der Waals surface area contributed by atoms with Gasteiger partial charge in [0.15, 0.2) is 5.78 Å². The molecule has 1 aliphatic rings. The smallest absolute Gasteiger partial charge is 0.180 e. The summed E-state index contributed by atoms with van der Waals surface area (Å²) >= 11 is 1.82. The molecule has 21 heavy (non-hydrogen) atoms. The number of hydrogen-bond donors (Lipinski definition) is 0. The van der Waals surface area contributed by atoms with E-state index in [-0.39, 0.29) is 5.78 Å². The van der Waals surface area contributed by atoms with E-state index < -0.39 is 0 Å². The maximum atomic E-state index is 12.5. The van der Waals surface area contributed by atoms with Gasteiger partial charge in [0.25, 0.3) is 0 Å². The maximum Gasteiger partial charge on any atom is 0.180 e. The van der Waals surface area contributed by atoms with Gasteiger partial charge in [0.05, 0.1) is 18.7 Å². The monoisotopic (exact) mass is 301 g/mol. The first-order chi connectivity index (χ1) is 10.3. The van der Waals surface area contributed by atoms with Gasteiger partial charge in [-0.15, -0.1) is 11.3 Å². The molecular formula is C17H19NO2S. The molecule has 0 amide bonds. The summed E-state index contributed by atoms with van der Waals surface area (Å²) in [6, 6.07) is 9.69. The van der Waals surface area contributed by atoms with E-state index in [0.717, 1.165) is 19.5 Å². The number of carbonyl (C=O) groups excluding carboxylic acids is 1. The van der Waals surface area contributed by atoms with Crippen LogP contribution in [-0.4, -0.2) is 30.4 Å². The molecule has 0 N–H and O–H groups in total. The number of nitrogens with zero attached hydrogens (tertiary/aromatic N) is 1. The van der Waals surface area contributed by atoms with Gasteiger partial charge < -0.3 is 4.74 Å². The third-order valence-corrected chi connectivity index (χ3v) is 4.76. The molecule has 0 aliphatic carbocycles. The Hall–Kier alpha value is -1.65. The number of Topliss-reactive ketones (excluding diaryl/α,β-unsaturated/α-hetero) is 1. The molecular weight excluding hydrogens is 282 g/mol. The largest absolute Gasteiger partial charge is 0.493 e. The van der Waals surface area contributed by atoms with Crippen molar-refractivity contribution in [1.82, 2.24) is 4.90 Å². The third-order valence-electron chi connectivity index (χ3n) is 3.74. The minimum Gasteiger partial charge on any atom is -0.493 e. The van der Waals surface area contributed by atoms with Gasteiger partial charge in [0, 0.05) is 18.0 Å². The van der Waals surface area contributed by atoms with Crippen LogP contribution in [0.25, 0.3) is 0 Å². The SMILES string of the molecule is CCOc1ccccc1C(=O)CN1CCc2sccc2C1. The number of ether oxygens (including phenoxy) is 1. The first kappa shape index (κ1) is 14.3. The van der Waals surface area contributed by atoms with Crippen molar-refractivity contribution in [2.24, 2.45) is 0 Å². The number of carbonyl (C=O) groups is 1. The van der Waals surface area contributed by atoms with Gasteiger partial charge in [-0.2, -0.15) is 0 Å². The molecule has 110 valence electrons. The summed E-state index contributed by atoms with van der Waals surface area (Å²) in [4.78, 5) is 16.2. The van der Waals surface area contributed by atoms with E-state index in [9.17, 15) is 4.79 Å². The summed E-state index contributed by atoms with van der Waals surface area (Å²) in [5.74, 6) is 0.830. The first-order valence-electron chi connectivity index (χ1n) is 7.30. The Balaban J connectivity index is 1.70. The number of benzene rings is 1. The van der Waals surface area contributed by atoms with Crippen LogP contribution in [-0.2, 0) is 13.0 Å². The molecule has 1 aromatic carbocycles. The van der Waals surface area contributed by atoms with E-state index in [4.69, 9.17) is 4.74 Å². The molecule has 1 aliphatic heterocycles. The Morgan fingerprint density at radius 2 is 2.19 bits per heavy atom. The van der Waals surface area contributed by atoms with Crippen molar-refractivity contribution >= 4 is 17.1 Å². The van der Waals surface area contributed by atoms with Crippen LogP contribution in [0.3, 0.4) is 0 Å². The lowest BCUT2D eigenvalue weighted by Crippen LogP contribution is -2.34.